The fourth-order valence-corrected chi connectivity index (χ4v) is 8.50. The molecule has 0 N–H and O–H groups in total. The van der Waals surface area contributed by atoms with Crippen LogP contribution in [0.15, 0.2) is 106 Å². The molecule has 4 bridgehead atoms. The van der Waals surface area contributed by atoms with Gasteiger partial charge in [0.1, 0.15) is 23.0 Å². The smallest absolute Gasteiger partial charge is 0.127 e. The molecule has 0 spiro atoms. The summed E-state index contributed by atoms with van der Waals surface area (Å²) in [6.45, 7) is 0. The van der Waals surface area contributed by atoms with Crippen LogP contribution >= 0.6 is 31.9 Å². The molecule has 4 aliphatic carbocycles. The second-order valence-electron chi connectivity index (χ2n) is 11.7. The molecule has 0 unspecified atom stereocenters. The first-order valence-corrected chi connectivity index (χ1v) is 15.1. The number of benzene rings is 4. The van der Waals surface area contributed by atoms with Crippen molar-refractivity contribution < 1.29 is 9.47 Å². The first-order valence-electron chi connectivity index (χ1n) is 13.6. The summed E-state index contributed by atoms with van der Waals surface area (Å²) in [5, 5.41) is 0. The van der Waals surface area contributed by atoms with Gasteiger partial charge < -0.3 is 9.47 Å². The lowest BCUT2D eigenvalue weighted by Crippen LogP contribution is -2.55. The Morgan fingerprint density at radius 3 is 1.13 bits per heavy atom. The number of hydrogen-bond donors (Lipinski definition) is 0. The van der Waals surface area contributed by atoms with E-state index in [0.717, 1.165) is 43.8 Å². The normalized spacial score (nSPS) is 27.3. The summed E-state index contributed by atoms with van der Waals surface area (Å²) in [6.07, 6.45) is 7.93. The Balaban J connectivity index is 1.12. The Kier molecular flexibility index (Phi) is 6.16. The lowest BCUT2D eigenvalue weighted by atomic mass is 9.42. The van der Waals surface area contributed by atoms with E-state index in [1.165, 1.54) is 49.7 Å². The molecule has 0 saturated heterocycles. The van der Waals surface area contributed by atoms with Crippen molar-refractivity contribution in [2.24, 2.45) is 11.8 Å². The van der Waals surface area contributed by atoms with Crippen LogP contribution in [0.5, 0.6) is 23.0 Å². The molecular weight excluding hydrogens is 600 g/mol. The minimum absolute atomic E-state index is 0.271. The second-order valence-corrected chi connectivity index (χ2v) is 13.5. The van der Waals surface area contributed by atoms with Crippen LogP contribution < -0.4 is 9.47 Å². The summed E-state index contributed by atoms with van der Waals surface area (Å²) < 4.78 is 14.4. The standard InChI is InChI=1S/C34H30Br2O2/c35-27-5-13-31(14-6-27)37-29-9-1-25(2-10-29)33-18-23-17-24(19-33)21-34(20-23,22-33)26-3-11-30(12-4-26)38-32-15-7-28(36)8-16-32/h1-16,23-24H,17-22H2. The Morgan fingerprint density at radius 2 is 0.789 bits per heavy atom. The highest BCUT2D eigenvalue weighted by atomic mass is 79.9. The van der Waals surface area contributed by atoms with Crippen LogP contribution in [-0.4, -0.2) is 0 Å². The van der Waals surface area contributed by atoms with E-state index in [0.29, 0.717) is 0 Å². The SMILES string of the molecule is Brc1ccc(Oc2ccc(C34CC5CC(C3)CC(c3ccc(Oc6ccc(Br)cc6)cc3)(C5)C4)cc2)cc1. The molecule has 4 saturated carbocycles. The second kappa shape index (κ2) is 9.57. The van der Waals surface area contributed by atoms with Gasteiger partial charge in [0.15, 0.2) is 0 Å². The summed E-state index contributed by atoms with van der Waals surface area (Å²) in [5.74, 6) is 5.15. The van der Waals surface area contributed by atoms with Crippen LogP contribution in [0.1, 0.15) is 49.7 Å². The molecule has 192 valence electrons. The van der Waals surface area contributed by atoms with E-state index in [1.807, 2.05) is 48.5 Å². The van der Waals surface area contributed by atoms with Crippen molar-refractivity contribution in [3.05, 3.63) is 117 Å². The van der Waals surface area contributed by atoms with E-state index in [-0.39, 0.29) is 10.8 Å². The zero-order chi connectivity index (χ0) is 25.7. The van der Waals surface area contributed by atoms with Crippen molar-refractivity contribution in [1.29, 1.82) is 0 Å². The number of hydrogen-bond acceptors (Lipinski definition) is 2. The van der Waals surface area contributed by atoms with Crippen molar-refractivity contribution in [3.63, 3.8) is 0 Å². The van der Waals surface area contributed by atoms with Gasteiger partial charge in [0, 0.05) is 8.95 Å². The summed E-state index contributed by atoms with van der Waals surface area (Å²) in [6, 6.07) is 34.0. The van der Waals surface area contributed by atoms with E-state index < -0.39 is 0 Å². The maximum atomic E-state index is 6.12. The van der Waals surface area contributed by atoms with E-state index >= 15 is 0 Å². The van der Waals surface area contributed by atoms with Gasteiger partial charge >= 0.3 is 0 Å². The molecular formula is C34H30Br2O2. The Bertz CT molecular complexity index is 1300. The van der Waals surface area contributed by atoms with Gasteiger partial charge in [-0.3, -0.25) is 0 Å². The van der Waals surface area contributed by atoms with Crippen molar-refractivity contribution in [3.8, 4) is 23.0 Å². The summed E-state index contributed by atoms with van der Waals surface area (Å²) >= 11 is 6.99. The van der Waals surface area contributed by atoms with E-state index in [1.54, 1.807) is 0 Å². The molecule has 4 fully saturated rings. The van der Waals surface area contributed by atoms with Crippen LogP contribution in [0.2, 0.25) is 0 Å². The minimum atomic E-state index is 0.271. The van der Waals surface area contributed by atoms with Gasteiger partial charge in [0.2, 0.25) is 0 Å². The molecule has 0 atom stereocenters. The van der Waals surface area contributed by atoms with Gasteiger partial charge in [0.25, 0.3) is 0 Å². The highest BCUT2D eigenvalue weighted by Crippen LogP contribution is 2.66. The van der Waals surface area contributed by atoms with Crippen LogP contribution in [0, 0.1) is 11.8 Å². The summed E-state index contributed by atoms with van der Waals surface area (Å²) in [5.41, 5.74) is 3.53. The molecule has 0 amide bonds. The average molecular weight is 630 g/mol. The predicted molar refractivity (Wildman–Crippen MR) is 159 cm³/mol. The third-order valence-corrected chi connectivity index (χ3v) is 10.2. The Hall–Kier alpha value is -2.56. The molecule has 2 nitrogen and oxygen atoms in total. The molecule has 4 aliphatic rings. The Morgan fingerprint density at radius 1 is 0.474 bits per heavy atom. The topological polar surface area (TPSA) is 18.5 Å². The van der Waals surface area contributed by atoms with Gasteiger partial charge in [-0.05, 0) is 145 Å². The lowest BCUT2D eigenvalue weighted by molar-refractivity contribution is -0.0281. The van der Waals surface area contributed by atoms with Gasteiger partial charge in [-0.15, -0.1) is 0 Å². The van der Waals surface area contributed by atoms with Gasteiger partial charge in [-0.2, -0.15) is 0 Å². The fraction of sp³-hybridized carbons (Fsp3) is 0.294. The van der Waals surface area contributed by atoms with Crippen LogP contribution in [0.25, 0.3) is 0 Å². The van der Waals surface area contributed by atoms with Crippen LogP contribution in [0.4, 0.5) is 0 Å². The molecule has 0 aromatic heterocycles. The van der Waals surface area contributed by atoms with E-state index in [4.69, 9.17) is 9.47 Å². The number of ether oxygens (including phenoxy) is 2. The average Bonchev–Trinajstić information content (AvgIpc) is 2.91. The monoisotopic (exact) mass is 628 g/mol. The van der Waals surface area contributed by atoms with Crippen molar-refractivity contribution in [2.75, 3.05) is 0 Å². The largest absolute Gasteiger partial charge is 0.457 e. The molecule has 0 heterocycles. The van der Waals surface area contributed by atoms with Crippen molar-refractivity contribution >= 4 is 31.9 Å². The molecule has 0 radical (unpaired) electrons. The van der Waals surface area contributed by atoms with Crippen molar-refractivity contribution in [1.82, 2.24) is 0 Å². The van der Waals surface area contributed by atoms with Crippen LogP contribution in [0.3, 0.4) is 0 Å². The highest BCUT2D eigenvalue weighted by Gasteiger charge is 2.58. The zero-order valence-electron chi connectivity index (χ0n) is 21.2. The molecule has 8 rings (SSSR count). The summed E-state index contributed by atoms with van der Waals surface area (Å²) in [7, 11) is 0. The molecule has 4 aromatic carbocycles. The molecule has 38 heavy (non-hydrogen) atoms. The zero-order valence-corrected chi connectivity index (χ0v) is 24.4. The predicted octanol–water partition coefficient (Wildman–Crippen LogP) is 10.6. The fourth-order valence-electron chi connectivity index (χ4n) is 7.97. The first kappa shape index (κ1) is 24.5. The highest BCUT2D eigenvalue weighted by molar-refractivity contribution is 9.10. The quantitative estimate of drug-likeness (QED) is 0.211. The minimum Gasteiger partial charge on any atom is -0.457 e. The maximum Gasteiger partial charge on any atom is 0.127 e. The Labute approximate surface area is 241 Å². The molecule has 4 heteroatoms. The molecule has 4 aromatic rings. The van der Waals surface area contributed by atoms with Crippen LogP contribution in [-0.2, 0) is 10.8 Å². The van der Waals surface area contributed by atoms with Gasteiger partial charge in [-0.25, -0.2) is 0 Å². The number of halogens is 2. The maximum absolute atomic E-state index is 6.12. The van der Waals surface area contributed by atoms with E-state index in [9.17, 15) is 0 Å². The lowest BCUT2D eigenvalue weighted by Gasteiger charge is -2.62. The molecule has 0 aliphatic heterocycles. The van der Waals surface area contributed by atoms with Gasteiger partial charge in [-0.1, -0.05) is 56.1 Å². The third kappa shape index (κ3) is 4.60. The van der Waals surface area contributed by atoms with E-state index in [2.05, 4.69) is 80.4 Å². The number of rotatable bonds is 6. The third-order valence-electron chi connectivity index (χ3n) is 9.09. The van der Waals surface area contributed by atoms with Crippen molar-refractivity contribution in [2.45, 2.75) is 49.4 Å². The van der Waals surface area contributed by atoms with Gasteiger partial charge in [0.05, 0.1) is 0 Å². The first-order chi connectivity index (χ1) is 18.5. The summed E-state index contributed by atoms with van der Waals surface area (Å²) in [4.78, 5) is 0.